The van der Waals surface area contributed by atoms with Crippen LogP contribution in [-0.4, -0.2) is 52.8 Å². The minimum atomic E-state index is -0.823. The molecule has 158 valence electrons. The first kappa shape index (κ1) is 25.6. The van der Waals surface area contributed by atoms with Crippen LogP contribution in [0.25, 0.3) is 0 Å². The molecule has 0 unspecified atom stereocenters. The summed E-state index contributed by atoms with van der Waals surface area (Å²) in [6, 6.07) is -1.61. The Hall–Kier alpha value is -1.44. The largest absolute Gasteiger partial charge is 0.464 e. The summed E-state index contributed by atoms with van der Waals surface area (Å²) in [5.74, 6) is -0.730. The highest BCUT2D eigenvalue weighted by atomic mass is 32.2. The fourth-order valence-corrected chi connectivity index (χ4v) is 2.86. The molecule has 0 fully saturated rings. The van der Waals surface area contributed by atoms with Crippen molar-refractivity contribution < 1.29 is 23.9 Å². The van der Waals surface area contributed by atoms with Crippen molar-refractivity contribution >= 4 is 29.7 Å². The van der Waals surface area contributed by atoms with E-state index in [9.17, 15) is 14.4 Å². The molecule has 0 aromatic rings. The normalized spacial score (nSPS) is 14.3. The van der Waals surface area contributed by atoms with Gasteiger partial charge in [0.25, 0.3) is 0 Å². The molecule has 0 aliphatic carbocycles. The van der Waals surface area contributed by atoms with Crippen molar-refractivity contribution in [2.45, 2.75) is 84.7 Å². The molecule has 0 heterocycles. The molecule has 2 amide bonds. The molecular weight excluding hydrogens is 368 g/mol. The molecule has 0 aromatic carbocycles. The van der Waals surface area contributed by atoms with E-state index in [1.165, 1.54) is 0 Å². The fraction of sp³-hybridized carbons (Fsp3) is 0.842. The standard InChI is InChI=1S/C19H36N2O5S/c1-10-25-16(23)13(11-27-19(7,8)9)20-15(22)14(12(2)3)21-17(24)26-18(4,5)6/h12-14H,10-11H2,1-9H3,(H,20,22)(H,21,24)/t13-,14-/m0/s1. The SMILES string of the molecule is CCOC(=O)[C@H](CSC(C)(C)C)NC(=O)[C@@H](NC(=O)OC(C)(C)C)C(C)C. The molecule has 0 spiro atoms. The van der Waals surface area contributed by atoms with Crippen molar-refractivity contribution in [2.24, 2.45) is 5.92 Å². The second-order valence-electron chi connectivity index (χ2n) is 8.60. The Morgan fingerprint density at radius 2 is 1.56 bits per heavy atom. The van der Waals surface area contributed by atoms with E-state index >= 15 is 0 Å². The first-order chi connectivity index (χ1) is 12.2. The van der Waals surface area contributed by atoms with Gasteiger partial charge >= 0.3 is 12.1 Å². The lowest BCUT2D eigenvalue weighted by molar-refractivity contribution is -0.147. The Kier molecular flexibility index (Phi) is 10.2. The summed E-state index contributed by atoms with van der Waals surface area (Å²) < 4.78 is 10.2. The van der Waals surface area contributed by atoms with Crippen molar-refractivity contribution in [2.75, 3.05) is 12.4 Å². The van der Waals surface area contributed by atoms with E-state index in [-0.39, 0.29) is 17.3 Å². The minimum absolute atomic E-state index is 0.0678. The fourth-order valence-electron chi connectivity index (χ4n) is 1.98. The van der Waals surface area contributed by atoms with Gasteiger partial charge in [0.1, 0.15) is 17.7 Å². The van der Waals surface area contributed by atoms with Crippen molar-refractivity contribution in [3.05, 3.63) is 0 Å². The van der Waals surface area contributed by atoms with Crippen LogP contribution >= 0.6 is 11.8 Å². The Labute approximate surface area is 167 Å². The zero-order chi connectivity index (χ0) is 21.4. The average molecular weight is 405 g/mol. The molecule has 0 aliphatic rings. The van der Waals surface area contributed by atoms with E-state index < -0.39 is 35.7 Å². The highest BCUT2D eigenvalue weighted by Crippen LogP contribution is 2.24. The van der Waals surface area contributed by atoms with Gasteiger partial charge in [-0.25, -0.2) is 9.59 Å². The Bertz CT molecular complexity index is 509. The van der Waals surface area contributed by atoms with E-state index in [1.807, 2.05) is 34.6 Å². The lowest BCUT2D eigenvalue weighted by Crippen LogP contribution is -2.55. The molecule has 7 nitrogen and oxygen atoms in total. The van der Waals surface area contributed by atoms with E-state index in [0.717, 1.165) is 0 Å². The molecule has 8 heteroatoms. The van der Waals surface area contributed by atoms with Crippen LogP contribution in [0.15, 0.2) is 0 Å². The number of rotatable bonds is 8. The first-order valence-corrected chi connectivity index (χ1v) is 10.2. The maximum absolute atomic E-state index is 12.7. The van der Waals surface area contributed by atoms with Gasteiger partial charge in [-0.1, -0.05) is 34.6 Å². The van der Waals surface area contributed by atoms with Crippen LogP contribution < -0.4 is 10.6 Å². The number of carbonyl (C=O) groups is 3. The van der Waals surface area contributed by atoms with Gasteiger partial charge in [-0.2, -0.15) is 11.8 Å². The summed E-state index contributed by atoms with van der Waals surface area (Å²) in [5.41, 5.74) is -0.668. The van der Waals surface area contributed by atoms with E-state index in [0.29, 0.717) is 5.75 Å². The zero-order valence-corrected chi connectivity index (χ0v) is 18.9. The predicted molar refractivity (Wildman–Crippen MR) is 109 cm³/mol. The lowest BCUT2D eigenvalue weighted by atomic mass is 10.0. The third kappa shape index (κ3) is 11.8. The summed E-state index contributed by atoms with van der Waals surface area (Å²) in [4.78, 5) is 37.0. The minimum Gasteiger partial charge on any atom is -0.464 e. The topological polar surface area (TPSA) is 93.7 Å². The van der Waals surface area contributed by atoms with Crippen LogP contribution in [-0.2, 0) is 19.1 Å². The van der Waals surface area contributed by atoms with Crippen molar-refractivity contribution in [3.63, 3.8) is 0 Å². The quantitative estimate of drug-likeness (QED) is 0.604. The van der Waals surface area contributed by atoms with Crippen LogP contribution in [0, 0.1) is 5.92 Å². The van der Waals surface area contributed by atoms with E-state index in [2.05, 4.69) is 10.6 Å². The van der Waals surface area contributed by atoms with Gasteiger partial charge in [0, 0.05) is 10.5 Å². The molecule has 0 bridgehead atoms. The number of alkyl carbamates (subject to hydrolysis) is 1. The Balaban J connectivity index is 5.14. The number of thioether (sulfide) groups is 1. The summed E-state index contributed by atoms with van der Waals surface area (Å²) in [5, 5.41) is 5.31. The van der Waals surface area contributed by atoms with Crippen LogP contribution in [0.2, 0.25) is 0 Å². The molecule has 0 aliphatic heterocycles. The number of hydrogen-bond donors (Lipinski definition) is 2. The maximum atomic E-state index is 12.7. The van der Waals surface area contributed by atoms with Gasteiger partial charge < -0.3 is 20.1 Å². The molecule has 0 radical (unpaired) electrons. The highest BCUT2D eigenvalue weighted by molar-refractivity contribution is 8.00. The van der Waals surface area contributed by atoms with Crippen LogP contribution in [0.3, 0.4) is 0 Å². The van der Waals surface area contributed by atoms with Gasteiger partial charge in [0.15, 0.2) is 0 Å². The molecule has 0 rings (SSSR count). The number of esters is 1. The zero-order valence-electron chi connectivity index (χ0n) is 18.1. The van der Waals surface area contributed by atoms with Crippen molar-refractivity contribution in [1.29, 1.82) is 0 Å². The molecular formula is C19H36N2O5S. The second-order valence-corrected chi connectivity index (χ2v) is 10.5. The lowest BCUT2D eigenvalue weighted by Gasteiger charge is -2.27. The van der Waals surface area contributed by atoms with E-state index in [4.69, 9.17) is 9.47 Å². The molecule has 0 saturated heterocycles. The third-order valence-corrected chi connectivity index (χ3v) is 4.56. The van der Waals surface area contributed by atoms with Gasteiger partial charge in [0.05, 0.1) is 6.61 Å². The van der Waals surface area contributed by atoms with Gasteiger partial charge in [-0.05, 0) is 33.6 Å². The molecule has 0 aromatic heterocycles. The second kappa shape index (κ2) is 10.8. The molecule has 2 N–H and O–H groups in total. The summed E-state index contributed by atoms with van der Waals surface area (Å²) >= 11 is 1.55. The summed E-state index contributed by atoms with van der Waals surface area (Å²) in [6.07, 6.45) is -0.673. The average Bonchev–Trinajstić information content (AvgIpc) is 2.45. The summed E-state index contributed by atoms with van der Waals surface area (Å²) in [7, 11) is 0. The Morgan fingerprint density at radius 3 is 1.96 bits per heavy atom. The van der Waals surface area contributed by atoms with Gasteiger partial charge in [-0.15, -0.1) is 0 Å². The number of carbonyl (C=O) groups excluding carboxylic acids is 3. The van der Waals surface area contributed by atoms with Crippen LogP contribution in [0.5, 0.6) is 0 Å². The van der Waals surface area contributed by atoms with Gasteiger partial charge in [0.2, 0.25) is 5.91 Å². The van der Waals surface area contributed by atoms with Gasteiger partial charge in [-0.3, -0.25) is 4.79 Å². The van der Waals surface area contributed by atoms with Crippen molar-refractivity contribution in [1.82, 2.24) is 10.6 Å². The molecule has 0 saturated carbocycles. The van der Waals surface area contributed by atoms with Crippen LogP contribution in [0.4, 0.5) is 4.79 Å². The number of nitrogens with one attached hydrogen (secondary N) is 2. The molecule has 2 atom stereocenters. The monoisotopic (exact) mass is 404 g/mol. The number of amides is 2. The summed E-state index contributed by atoms with van der Waals surface area (Å²) in [6.45, 7) is 16.9. The number of hydrogen-bond acceptors (Lipinski definition) is 6. The number of ether oxygens (including phenoxy) is 2. The smallest absolute Gasteiger partial charge is 0.408 e. The first-order valence-electron chi connectivity index (χ1n) is 9.26. The maximum Gasteiger partial charge on any atom is 0.408 e. The third-order valence-electron chi connectivity index (χ3n) is 3.19. The van der Waals surface area contributed by atoms with Crippen molar-refractivity contribution in [3.8, 4) is 0 Å². The molecule has 27 heavy (non-hydrogen) atoms. The predicted octanol–water partition coefficient (Wildman–Crippen LogP) is 3.12. The van der Waals surface area contributed by atoms with Crippen LogP contribution in [0.1, 0.15) is 62.3 Å². The van der Waals surface area contributed by atoms with E-state index in [1.54, 1.807) is 39.5 Å². The Morgan fingerprint density at radius 1 is 1.00 bits per heavy atom. The highest BCUT2D eigenvalue weighted by Gasteiger charge is 2.31.